The zero-order valence-electron chi connectivity index (χ0n) is 23.4. The molecule has 1 saturated heterocycles. The second-order valence-electron chi connectivity index (χ2n) is 12.4. The highest BCUT2D eigenvalue weighted by atomic mass is 127. The fraction of sp³-hybridized carbons (Fsp3) is 0.552. The third kappa shape index (κ3) is 5.17. The number of carbonyl (C=O) groups is 1. The predicted octanol–water partition coefficient (Wildman–Crippen LogP) is 6.02. The summed E-state index contributed by atoms with van der Waals surface area (Å²) in [6.45, 7) is 10.6. The molecule has 0 bridgehead atoms. The Labute approximate surface area is 252 Å². The van der Waals surface area contributed by atoms with Crippen molar-refractivity contribution in [1.82, 2.24) is 24.4 Å². The second kappa shape index (κ2) is 10.1. The molecule has 0 unspecified atom stereocenters. The van der Waals surface area contributed by atoms with E-state index in [2.05, 4.69) is 37.5 Å². The third-order valence-electron chi connectivity index (χ3n) is 7.83. The van der Waals surface area contributed by atoms with Crippen LogP contribution in [0.3, 0.4) is 0 Å². The SMILES string of the molecule is C[C@@H]1CN(c2nc(=O)n(-c3c(C4CC4)ncnc3C3CC3)c3cc(Cl)c(I)cc23)[C@@H](C)CN1C(=O)OC(C)(C)C. The first-order valence-corrected chi connectivity index (χ1v) is 15.4. The quantitative estimate of drug-likeness (QED) is 0.312. The van der Waals surface area contributed by atoms with Crippen LogP contribution in [0.1, 0.15) is 83.5 Å². The highest BCUT2D eigenvalue weighted by Crippen LogP contribution is 2.47. The number of hydrogen-bond acceptors (Lipinski definition) is 7. The Balaban J connectivity index is 1.48. The number of rotatable bonds is 4. The summed E-state index contributed by atoms with van der Waals surface area (Å²) in [7, 11) is 0. The fourth-order valence-electron chi connectivity index (χ4n) is 5.58. The summed E-state index contributed by atoms with van der Waals surface area (Å²) >= 11 is 8.90. The van der Waals surface area contributed by atoms with Gasteiger partial charge in [0.1, 0.15) is 17.7 Å². The zero-order chi connectivity index (χ0) is 28.5. The molecule has 0 spiro atoms. The van der Waals surface area contributed by atoms with Crippen LogP contribution >= 0.6 is 34.2 Å². The lowest BCUT2D eigenvalue weighted by molar-refractivity contribution is 0.0130. The second-order valence-corrected chi connectivity index (χ2v) is 13.9. The smallest absolute Gasteiger partial charge is 0.410 e. The number of nitrogens with zero attached hydrogens (tertiary/aromatic N) is 6. The van der Waals surface area contributed by atoms with E-state index in [1.165, 1.54) is 0 Å². The van der Waals surface area contributed by atoms with Gasteiger partial charge in [-0.25, -0.2) is 19.6 Å². The molecule has 3 heterocycles. The molecule has 0 N–H and O–H groups in total. The molecule has 1 amide bonds. The van der Waals surface area contributed by atoms with Crippen molar-refractivity contribution < 1.29 is 9.53 Å². The Bertz CT molecular complexity index is 1530. The number of amides is 1. The Hall–Kier alpha value is -2.47. The fourth-order valence-corrected chi connectivity index (χ4v) is 6.21. The molecule has 212 valence electrons. The first-order chi connectivity index (χ1) is 18.9. The Morgan fingerprint density at radius 1 is 1.02 bits per heavy atom. The summed E-state index contributed by atoms with van der Waals surface area (Å²) in [5.41, 5.74) is 2.40. The van der Waals surface area contributed by atoms with Crippen LogP contribution in [0.15, 0.2) is 23.3 Å². The summed E-state index contributed by atoms with van der Waals surface area (Å²) < 4.78 is 8.24. The van der Waals surface area contributed by atoms with Crippen molar-refractivity contribution in [3.63, 3.8) is 0 Å². The van der Waals surface area contributed by atoms with Gasteiger partial charge in [-0.1, -0.05) is 11.6 Å². The van der Waals surface area contributed by atoms with Gasteiger partial charge in [-0.3, -0.25) is 4.57 Å². The van der Waals surface area contributed by atoms with E-state index in [1.54, 1.807) is 15.8 Å². The van der Waals surface area contributed by atoms with Gasteiger partial charge < -0.3 is 14.5 Å². The minimum absolute atomic E-state index is 0.0906. The number of halogens is 2. The number of piperazine rings is 1. The van der Waals surface area contributed by atoms with Crippen LogP contribution in [0.25, 0.3) is 16.6 Å². The van der Waals surface area contributed by atoms with Gasteiger partial charge in [0.2, 0.25) is 0 Å². The van der Waals surface area contributed by atoms with Gasteiger partial charge in [-0.05, 0) is 95.0 Å². The van der Waals surface area contributed by atoms with Crippen molar-refractivity contribution in [2.24, 2.45) is 0 Å². The Kier molecular flexibility index (Phi) is 7.00. The van der Waals surface area contributed by atoms with Crippen molar-refractivity contribution in [1.29, 1.82) is 0 Å². The van der Waals surface area contributed by atoms with E-state index in [4.69, 9.17) is 21.3 Å². The van der Waals surface area contributed by atoms with Gasteiger partial charge in [0.05, 0.1) is 27.6 Å². The summed E-state index contributed by atoms with van der Waals surface area (Å²) in [5, 5.41) is 1.41. The monoisotopic (exact) mass is 676 g/mol. The number of benzene rings is 1. The normalized spacial score (nSPS) is 21.7. The van der Waals surface area contributed by atoms with E-state index in [0.29, 0.717) is 41.3 Å². The lowest BCUT2D eigenvalue weighted by Gasteiger charge is -2.45. The number of ether oxygens (including phenoxy) is 1. The van der Waals surface area contributed by atoms with Crippen LogP contribution in [-0.4, -0.2) is 61.3 Å². The van der Waals surface area contributed by atoms with E-state index >= 15 is 0 Å². The highest BCUT2D eigenvalue weighted by molar-refractivity contribution is 14.1. The van der Waals surface area contributed by atoms with Crippen LogP contribution in [0, 0.1) is 3.57 Å². The van der Waals surface area contributed by atoms with Crippen molar-refractivity contribution in [3.05, 3.63) is 48.9 Å². The van der Waals surface area contributed by atoms with Crippen LogP contribution in [0.2, 0.25) is 5.02 Å². The molecule has 1 aliphatic heterocycles. The van der Waals surface area contributed by atoms with Crippen LogP contribution < -0.4 is 10.6 Å². The minimum Gasteiger partial charge on any atom is -0.444 e. The summed E-state index contributed by atoms with van der Waals surface area (Å²) in [6.07, 6.45) is 5.54. The lowest BCUT2D eigenvalue weighted by atomic mass is 10.1. The van der Waals surface area contributed by atoms with Gasteiger partial charge >= 0.3 is 11.8 Å². The first-order valence-electron chi connectivity index (χ1n) is 14.0. The molecule has 9 nitrogen and oxygen atoms in total. The molecule has 11 heteroatoms. The molecular weight excluding hydrogens is 643 g/mol. The number of hydrogen-bond donors (Lipinski definition) is 0. The van der Waals surface area contributed by atoms with Gasteiger partial charge in [-0.2, -0.15) is 4.98 Å². The summed E-state index contributed by atoms with van der Waals surface area (Å²) in [5.74, 6) is 1.27. The predicted molar refractivity (Wildman–Crippen MR) is 164 cm³/mol. The Morgan fingerprint density at radius 3 is 2.23 bits per heavy atom. The van der Waals surface area contributed by atoms with E-state index in [-0.39, 0.29) is 23.9 Å². The molecule has 40 heavy (non-hydrogen) atoms. The number of carbonyl (C=O) groups excluding carboxylic acids is 1. The molecular formula is C29H34ClIN6O3. The molecule has 6 rings (SSSR count). The van der Waals surface area contributed by atoms with Crippen molar-refractivity contribution in [2.75, 3.05) is 18.0 Å². The van der Waals surface area contributed by atoms with Crippen LogP contribution in [0.4, 0.5) is 10.6 Å². The third-order valence-corrected chi connectivity index (χ3v) is 9.35. The summed E-state index contributed by atoms with van der Waals surface area (Å²) in [6, 6.07) is 3.65. The highest BCUT2D eigenvalue weighted by Gasteiger charge is 2.38. The van der Waals surface area contributed by atoms with Crippen molar-refractivity contribution >= 4 is 57.0 Å². The van der Waals surface area contributed by atoms with Gasteiger partial charge in [-0.15, -0.1) is 0 Å². The maximum absolute atomic E-state index is 14.0. The zero-order valence-corrected chi connectivity index (χ0v) is 26.4. The number of fused-ring (bicyclic) bond motifs is 1. The summed E-state index contributed by atoms with van der Waals surface area (Å²) in [4.78, 5) is 44.9. The van der Waals surface area contributed by atoms with Gasteiger partial charge in [0.15, 0.2) is 0 Å². The van der Waals surface area contributed by atoms with Gasteiger partial charge in [0.25, 0.3) is 0 Å². The van der Waals surface area contributed by atoms with Crippen LogP contribution in [-0.2, 0) is 4.74 Å². The molecule has 1 aromatic carbocycles. The topological polar surface area (TPSA) is 93.5 Å². The number of anilines is 1. The molecule has 3 fully saturated rings. The molecule has 0 radical (unpaired) electrons. The molecule has 2 saturated carbocycles. The van der Waals surface area contributed by atoms with Crippen LogP contribution in [0.5, 0.6) is 0 Å². The van der Waals surface area contributed by atoms with Crippen molar-refractivity contribution in [2.45, 2.75) is 89.8 Å². The number of aromatic nitrogens is 4. The van der Waals surface area contributed by atoms with E-state index in [1.807, 2.05) is 46.8 Å². The van der Waals surface area contributed by atoms with E-state index in [9.17, 15) is 9.59 Å². The average Bonchev–Trinajstić information content (AvgIpc) is 3.78. The largest absolute Gasteiger partial charge is 0.444 e. The maximum atomic E-state index is 14.0. The molecule has 2 aliphatic carbocycles. The van der Waals surface area contributed by atoms with E-state index in [0.717, 1.165) is 51.7 Å². The van der Waals surface area contributed by atoms with E-state index < -0.39 is 5.60 Å². The minimum atomic E-state index is -0.574. The molecule has 2 atom stereocenters. The molecule has 3 aromatic rings. The molecule has 2 aromatic heterocycles. The molecule has 3 aliphatic rings. The Morgan fingerprint density at radius 2 is 1.65 bits per heavy atom. The average molecular weight is 677 g/mol. The maximum Gasteiger partial charge on any atom is 0.410 e. The van der Waals surface area contributed by atoms with Gasteiger partial charge in [0, 0.05) is 46.0 Å². The van der Waals surface area contributed by atoms with Crippen molar-refractivity contribution in [3.8, 4) is 5.69 Å². The first kappa shape index (κ1) is 27.7. The standard InChI is InChI=1S/C29H34ClIN6O3/c1-15-13-36(28(39)40-29(3,4)5)16(2)12-35(15)26-19-10-21(31)20(30)11-22(19)37(27(38)34-26)25-23(17-6-7-17)32-14-33-24(25)18-8-9-18/h10-11,14-18H,6-9,12-13H2,1-5H3/t15-,16+/m0/s1. The lowest BCUT2D eigenvalue weighted by Crippen LogP contribution is -2.59.